The van der Waals surface area contributed by atoms with Crippen molar-refractivity contribution in [1.29, 1.82) is 0 Å². The number of likely N-dealkylation sites (tertiary alicyclic amines) is 1. The summed E-state index contributed by atoms with van der Waals surface area (Å²) in [5.41, 5.74) is 10.4. The van der Waals surface area contributed by atoms with Gasteiger partial charge in [0.2, 0.25) is 17.6 Å². The van der Waals surface area contributed by atoms with Crippen LogP contribution in [-0.4, -0.2) is 141 Å². The standard InChI is InChI=1S/C65H63ClN16O6S/c1-38-30-79(34-46(71-38)16-15-44-24-45(66)25-50(39(44)2)49-19-21-67-54-26-48(89-59(49)54)36-82-63(85)51-27-52(51)64(82)86)31-43-29-69-80(33-43)22-6-20-68-61(83)53-18-17-47(74-75-53)35-81-32-42(28-70-81)14-11-40-9-12-41(13-10-40)23-58-73-60(77-76-58)62(84)72-55-37-88-57-8-5-4-7-56(57)78(3)65(55)87/h4-5,7-10,12-13,17-19,21,24-26,28-29,32-33,38,46,51-52,55,71H,6,15-16,20,22-23,27,30-31,34-37H2,1-3H3,(H,68,83)(H,72,84)(H,73,76,77)/t38-,46-,51?,52?,55-/m1/s1. The van der Waals surface area contributed by atoms with Crippen molar-refractivity contribution < 1.29 is 28.7 Å². The van der Waals surface area contributed by atoms with Crippen LogP contribution < -0.4 is 25.6 Å². The summed E-state index contributed by atoms with van der Waals surface area (Å²) in [6, 6.07) is 26.1. The molecule has 0 spiro atoms. The van der Waals surface area contributed by atoms with Gasteiger partial charge in [0.15, 0.2) is 5.69 Å². The second kappa shape index (κ2) is 25.3. The monoisotopic (exact) mass is 1230 g/mol. The smallest absolute Gasteiger partial charge is 0.291 e. The highest BCUT2D eigenvalue weighted by molar-refractivity contribution is 7.19. The number of thiophene rings is 1. The third-order valence-corrected chi connectivity index (χ3v) is 18.0. The van der Waals surface area contributed by atoms with Gasteiger partial charge in [0, 0.05) is 103 Å². The van der Waals surface area contributed by atoms with E-state index in [4.69, 9.17) is 16.3 Å². The number of fused-ring (bicyclic) bond motifs is 3. The van der Waals surface area contributed by atoms with Crippen LogP contribution >= 0.6 is 22.9 Å². The highest BCUT2D eigenvalue weighted by atomic mass is 35.5. The van der Waals surface area contributed by atoms with E-state index in [2.05, 4.69) is 99.4 Å². The average molecular weight is 1230 g/mol. The van der Waals surface area contributed by atoms with Crippen molar-refractivity contribution in [3.05, 3.63) is 182 Å². The highest BCUT2D eigenvalue weighted by Crippen LogP contribution is 2.48. The molecule has 4 aliphatic rings. The van der Waals surface area contributed by atoms with Gasteiger partial charge < -0.3 is 25.6 Å². The van der Waals surface area contributed by atoms with Gasteiger partial charge in [0.05, 0.1) is 64.5 Å². The molecule has 4 N–H and O–H groups in total. The number of hydrogen-bond donors (Lipinski definition) is 4. The number of amides is 5. The zero-order chi connectivity index (χ0) is 61.3. The minimum atomic E-state index is -0.912. The summed E-state index contributed by atoms with van der Waals surface area (Å²) < 4.78 is 10.5. The molecule has 452 valence electrons. The van der Waals surface area contributed by atoms with E-state index in [1.54, 1.807) is 53.5 Å². The number of likely N-dealkylation sites (N-methyl/N-ethyl adjacent to an activating group) is 1. The minimum absolute atomic E-state index is 0.0230. The van der Waals surface area contributed by atoms with E-state index in [0.717, 1.165) is 75.4 Å². The van der Waals surface area contributed by atoms with Crippen LogP contribution in [0.1, 0.15) is 97.1 Å². The predicted octanol–water partition coefficient (Wildman–Crippen LogP) is 6.54. The molecule has 5 amide bonds. The van der Waals surface area contributed by atoms with E-state index in [1.165, 1.54) is 20.9 Å². The fraction of sp³-hybridized carbons (Fsp3) is 0.323. The lowest BCUT2D eigenvalue weighted by atomic mass is 9.93. The van der Waals surface area contributed by atoms with Crippen LogP contribution in [0.4, 0.5) is 5.69 Å². The number of aryl methyl sites for hydroxylation is 2. The number of para-hydroxylation sites is 2. The number of carbonyl (C=O) groups excluding carboxylic acids is 5. The van der Waals surface area contributed by atoms with Gasteiger partial charge >= 0.3 is 0 Å². The number of aromatic amines is 1. The molecule has 0 bridgehead atoms. The molecular formula is C65H63ClN16O6S. The van der Waals surface area contributed by atoms with Gasteiger partial charge in [-0.25, -0.2) is 4.98 Å². The summed E-state index contributed by atoms with van der Waals surface area (Å²) in [6.07, 6.45) is 12.9. The summed E-state index contributed by atoms with van der Waals surface area (Å²) in [4.78, 5) is 80.0. The Balaban J connectivity index is 0.528. The van der Waals surface area contributed by atoms with Crippen molar-refractivity contribution in [3.8, 4) is 28.7 Å². The van der Waals surface area contributed by atoms with Gasteiger partial charge in [-0.05, 0) is 122 Å². The van der Waals surface area contributed by atoms with Crippen LogP contribution in [0.15, 0.2) is 116 Å². The summed E-state index contributed by atoms with van der Waals surface area (Å²) >= 11 is 8.43. The number of benzene rings is 3. The van der Waals surface area contributed by atoms with E-state index in [0.29, 0.717) is 85.0 Å². The highest BCUT2D eigenvalue weighted by Gasteiger charge is 2.58. The number of aromatic nitrogens is 10. The van der Waals surface area contributed by atoms with E-state index < -0.39 is 11.9 Å². The predicted molar refractivity (Wildman–Crippen MR) is 333 cm³/mol. The maximum Gasteiger partial charge on any atom is 0.291 e. The van der Waals surface area contributed by atoms with Gasteiger partial charge in [-0.2, -0.15) is 15.3 Å². The maximum atomic E-state index is 13.1. The van der Waals surface area contributed by atoms with Crippen LogP contribution in [-0.2, 0) is 53.4 Å². The molecule has 22 nitrogen and oxygen atoms in total. The molecule has 3 aliphatic heterocycles. The number of halogens is 1. The number of imide groups is 1. The number of carbonyl (C=O) groups is 5. The lowest BCUT2D eigenvalue weighted by Crippen LogP contribution is -2.55. The number of piperidine rings is 1. The molecule has 3 aromatic carbocycles. The molecule has 6 aromatic heterocycles. The Morgan fingerprint density at radius 1 is 0.843 bits per heavy atom. The summed E-state index contributed by atoms with van der Waals surface area (Å²) in [5.74, 6) is 5.76. The van der Waals surface area contributed by atoms with Crippen LogP contribution in [0.5, 0.6) is 5.75 Å². The van der Waals surface area contributed by atoms with E-state index in [1.807, 2.05) is 77.9 Å². The summed E-state index contributed by atoms with van der Waals surface area (Å²) in [5, 5.41) is 34.6. The zero-order valence-corrected chi connectivity index (χ0v) is 50.7. The number of rotatable bonds is 19. The molecule has 1 saturated carbocycles. The van der Waals surface area contributed by atoms with Crippen LogP contribution in [0, 0.1) is 30.6 Å². The van der Waals surface area contributed by atoms with E-state index in [9.17, 15) is 24.0 Å². The third kappa shape index (κ3) is 13.2. The quantitative estimate of drug-likeness (QED) is 0.0381. The molecule has 13 rings (SSSR count). The number of ether oxygens (including phenoxy) is 1. The number of anilines is 1. The van der Waals surface area contributed by atoms with Crippen molar-refractivity contribution in [2.45, 2.75) is 90.3 Å². The molecule has 2 saturated heterocycles. The number of pyridine rings is 1. The molecule has 9 heterocycles. The average Bonchev–Trinajstić information content (AvgIpc) is 1.93. The molecule has 5 atom stereocenters. The second-order valence-electron chi connectivity index (χ2n) is 23.2. The molecule has 2 unspecified atom stereocenters. The molecule has 9 aromatic rings. The van der Waals surface area contributed by atoms with Crippen LogP contribution in [0.25, 0.3) is 21.3 Å². The summed E-state index contributed by atoms with van der Waals surface area (Å²) in [6.45, 7) is 8.68. The molecule has 1 aliphatic carbocycles. The first kappa shape index (κ1) is 58.5. The minimum Gasteiger partial charge on any atom is -0.489 e. The van der Waals surface area contributed by atoms with Gasteiger partial charge in [-0.1, -0.05) is 47.7 Å². The number of hydrogen-bond acceptors (Lipinski definition) is 16. The van der Waals surface area contributed by atoms with Gasteiger partial charge in [0.1, 0.15) is 24.2 Å². The third-order valence-electron chi connectivity index (χ3n) is 16.6. The largest absolute Gasteiger partial charge is 0.489 e. The first-order valence-corrected chi connectivity index (χ1v) is 30.9. The number of nitrogens with one attached hydrogen (secondary N) is 4. The van der Waals surface area contributed by atoms with E-state index >= 15 is 0 Å². The van der Waals surface area contributed by atoms with E-state index in [-0.39, 0.29) is 59.6 Å². The fourth-order valence-electron chi connectivity index (χ4n) is 12.0. The van der Waals surface area contributed by atoms with Gasteiger partial charge in [-0.3, -0.25) is 53.2 Å². The number of piperazine rings is 1. The number of nitrogens with zero attached hydrogens (tertiary/aromatic N) is 12. The first-order chi connectivity index (χ1) is 43.2. The Kier molecular flexibility index (Phi) is 16.7. The molecule has 89 heavy (non-hydrogen) atoms. The lowest BCUT2D eigenvalue weighted by Gasteiger charge is -2.37. The first-order valence-electron chi connectivity index (χ1n) is 29.7. The molecule has 24 heteroatoms. The van der Waals surface area contributed by atoms with Gasteiger partial charge in [-0.15, -0.1) is 21.5 Å². The zero-order valence-electron chi connectivity index (χ0n) is 49.2. The number of H-pyrrole nitrogens is 1. The Hall–Kier alpha value is -9.47. The van der Waals surface area contributed by atoms with Crippen molar-refractivity contribution in [2.24, 2.45) is 11.8 Å². The molecule has 0 radical (unpaired) electrons. The van der Waals surface area contributed by atoms with Crippen molar-refractivity contribution in [2.75, 3.05) is 38.2 Å². The fourth-order valence-corrected chi connectivity index (χ4v) is 13.3. The maximum absolute atomic E-state index is 13.1. The topological polar surface area (TPSA) is 256 Å². The SMILES string of the molecule is Cc1c(CC[C@@H]2CN(Cc3cnn(CCCNC(=O)c4ccc(Cn5cc(C#Cc6ccc(Cc7nc(C(=O)N[C@@H]8COc9ccccc9N(C)C8=O)n[nH]7)cc6)cn5)nn4)c3)C[C@@H](C)N2)cc(Cl)cc1-c1ccnc2cc(CN3C(=O)C4CC4C3=O)sc12. The van der Waals surface area contributed by atoms with Crippen molar-refractivity contribution in [1.82, 2.24) is 75.7 Å². The molecular weight excluding hydrogens is 1170 g/mol. The Bertz CT molecular complexity index is 4220. The Labute approximate surface area is 521 Å². The molecule has 3 fully saturated rings. The normalized spacial score (nSPS) is 18.9. The second-order valence-corrected chi connectivity index (χ2v) is 24.8. The Morgan fingerprint density at radius 2 is 1.66 bits per heavy atom. The van der Waals surface area contributed by atoms with Crippen LogP contribution in [0.3, 0.4) is 0 Å². The van der Waals surface area contributed by atoms with Crippen molar-refractivity contribution in [3.63, 3.8) is 0 Å². The lowest BCUT2D eigenvalue weighted by molar-refractivity contribution is -0.142. The van der Waals surface area contributed by atoms with Gasteiger partial charge in [0.25, 0.3) is 17.7 Å². The Morgan fingerprint density at radius 3 is 2.49 bits per heavy atom. The van der Waals surface area contributed by atoms with Crippen LogP contribution in [0.2, 0.25) is 5.02 Å². The summed E-state index contributed by atoms with van der Waals surface area (Å²) in [7, 11) is 1.64. The van der Waals surface area contributed by atoms with Crippen molar-refractivity contribution >= 4 is 68.4 Å².